The van der Waals surface area contributed by atoms with E-state index in [1.165, 1.54) is 11.3 Å². The molecule has 3 aromatic rings. The van der Waals surface area contributed by atoms with Gasteiger partial charge < -0.3 is 4.84 Å². The fourth-order valence-electron chi connectivity index (χ4n) is 4.16. The molecule has 0 bridgehead atoms. The summed E-state index contributed by atoms with van der Waals surface area (Å²) in [6.07, 6.45) is 6.52. The largest absolute Gasteiger partial charge is 0.365 e. The summed E-state index contributed by atoms with van der Waals surface area (Å²) >= 11 is 1.50. The molecular weight excluding hydrogens is 386 g/mol. The first kappa shape index (κ1) is 18.2. The maximum Gasteiger partial charge on any atom is 0.365 e. The van der Waals surface area contributed by atoms with Gasteiger partial charge in [0.1, 0.15) is 10.7 Å². The third kappa shape index (κ3) is 3.29. The van der Waals surface area contributed by atoms with E-state index in [1.54, 1.807) is 24.3 Å². The number of aryl methyl sites for hydroxylation is 2. The second kappa shape index (κ2) is 7.55. The molecule has 5 rings (SSSR count). The summed E-state index contributed by atoms with van der Waals surface area (Å²) in [5.74, 6) is 0.420. The molecular formula is C22H21N3O3S. The highest BCUT2D eigenvalue weighted by molar-refractivity contribution is 7.20. The number of carbonyl (C=O) groups is 1. The molecule has 0 radical (unpaired) electrons. The first-order valence-corrected chi connectivity index (χ1v) is 10.9. The van der Waals surface area contributed by atoms with Crippen LogP contribution in [0.3, 0.4) is 0 Å². The standard InChI is InChI=1S/C22H21N3O3S/c26-21-18-15-10-7-11-16(24-28-22(27)14-8-3-1-4-9-14)19(15)29-20(18)23-17-12-5-2-6-13-25(17)21/h1,3-4,8-9H,2,5-7,10-13H2/b24-16+. The van der Waals surface area contributed by atoms with Crippen molar-refractivity contribution in [2.75, 3.05) is 0 Å². The average molecular weight is 407 g/mol. The lowest BCUT2D eigenvalue weighted by atomic mass is 9.95. The van der Waals surface area contributed by atoms with Crippen LogP contribution in [0.2, 0.25) is 0 Å². The van der Waals surface area contributed by atoms with Crippen LogP contribution < -0.4 is 5.56 Å². The smallest absolute Gasteiger partial charge is 0.312 e. The zero-order valence-electron chi connectivity index (χ0n) is 16.0. The molecule has 0 unspecified atom stereocenters. The van der Waals surface area contributed by atoms with Crippen LogP contribution in [0.5, 0.6) is 0 Å². The maximum atomic E-state index is 13.2. The third-order valence-electron chi connectivity index (χ3n) is 5.62. The molecule has 3 heterocycles. The SMILES string of the molecule is O=C(O/N=C1\CCCc2c1sc1nc3n(c(=O)c21)CCCCC3)c1ccccc1. The minimum absolute atomic E-state index is 0.0759. The van der Waals surface area contributed by atoms with Crippen molar-refractivity contribution in [2.24, 2.45) is 5.16 Å². The zero-order chi connectivity index (χ0) is 19.8. The Labute approximate surface area is 171 Å². The molecule has 0 spiro atoms. The van der Waals surface area contributed by atoms with Crippen molar-refractivity contribution < 1.29 is 9.63 Å². The lowest BCUT2D eigenvalue weighted by molar-refractivity contribution is 0.0515. The van der Waals surface area contributed by atoms with Crippen molar-refractivity contribution in [3.8, 4) is 0 Å². The van der Waals surface area contributed by atoms with E-state index >= 15 is 0 Å². The van der Waals surface area contributed by atoms with Gasteiger partial charge in [0.05, 0.1) is 21.5 Å². The summed E-state index contributed by atoms with van der Waals surface area (Å²) in [5.41, 5.74) is 2.29. The molecule has 0 saturated carbocycles. The number of benzene rings is 1. The maximum absolute atomic E-state index is 13.2. The predicted molar refractivity (Wildman–Crippen MR) is 113 cm³/mol. The molecule has 1 aromatic carbocycles. The number of oxime groups is 1. The van der Waals surface area contributed by atoms with E-state index in [1.807, 2.05) is 10.6 Å². The van der Waals surface area contributed by atoms with E-state index in [-0.39, 0.29) is 5.56 Å². The van der Waals surface area contributed by atoms with Crippen molar-refractivity contribution in [2.45, 2.75) is 51.5 Å². The highest BCUT2D eigenvalue weighted by Crippen LogP contribution is 2.34. The quantitative estimate of drug-likeness (QED) is 0.474. The van der Waals surface area contributed by atoms with Gasteiger partial charge in [-0.15, -0.1) is 11.3 Å². The predicted octanol–water partition coefficient (Wildman–Crippen LogP) is 4.08. The van der Waals surface area contributed by atoms with Crippen molar-refractivity contribution in [3.63, 3.8) is 0 Å². The fourth-order valence-corrected chi connectivity index (χ4v) is 5.40. The van der Waals surface area contributed by atoms with Crippen LogP contribution in [-0.2, 0) is 24.2 Å². The van der Waals surface area contributed by atoms with Gasteiger partial charge in [-0.3, -0.25) is 9.36 Å². The zero-order valence-corrected chi connectivity index (χ0v) is 16.8. The van der Waals surface area contributed by atoms with Crippen LogP contribution >= 0.6 is 11.3 Å². The summed E-state index contributed by atoms with van der Waals surface area (Å²) in [6.45, 7) is 0.747. The summed E-state index contributed by atoms with van der Waals surface area (Å²) in [5, 5.41) is 4.91. The van der Waals surface area contributed by atoms with Gasteiger partial charge in [-0.25, -0.2) is 9.78 Å². The van der Waals surface area contributed by atoms with E-state index in [2.05, 4.69) is 5.16 Å². The van der Waals surface area contributed by atoms with Gasteiger partial charge in [-0.1, -0.05) is 29.8 Å². The second-order valence-electron chi connectivity index (χ2n) is 7.52. The molecule has 1 aliphatic carbocycles. The normalized spacial score (nSPS) is 17.6. The Morgan fingerprint density at radius 3 is 2.79 bits per heavy atom. The minimum atomic E-state index is -0.476. The van der Waals surface area contributed by atoms with Crippen LogP contribution in [0.4, 0.5) is 0 Å². The fraction of sp³-hybridized carbons (Fsp3) is 0.364. The van der Waals surface area contributed by atoms with Gasteiger partial charge in [-0.2, -0.15) is 0 Å². The molecule has 0 atom stereocenters. The molecule has 0 saturated heterocycles. The van der Waals surface area contributed by atoms with E-state index < -0.39 is 5.97 Å². The van der Waals surface area contributed by atoms with Crippen molar-refractivity contribution >= 4 is 33.2 Å². The number of fused-ring (bicyclic) bond motifs is 4. The van der Waals surface area contributed by atoms with Gasteiger partial charge >= 0.3 is 5.97 Å². The van der Waals surface area contributed by atoms with Gasteiger partial charge in [-0.05, 0) is 49.8 Å². The van der Waals surface area contributed by atoms with Crippen LogP contribution in [0, 0.1) is 0 Å². The second-order valence-corrected chi connectivity index (χ2v) is 8.52. The average Bonchev–Trinajstić information content (AvgIpc) is 2.96. The molecule has 6 nitrogen and oxygen atoms in total. The molecule has 2 aliphatic rings. The first-order valence-electron chi connectivity index (χ1n) is 10.1. The number of thiophene rings is 1. The third-order valence-corrected chi connectivity index (χ3v) is 6.80. The van der Waals surface area contributed by atoms with E-state index in [0.717, 1.165) is 83.7 Å². The molecule has 0 fully saturated rings. The highest BCUT2D eigenvalue weighted by Gasteiger charge is 2.26. The van der Waals surface area contributed by atoms with Gasteiger partial charge in [0.15, 0.2) is 0 Å². The number of aromatic nitrogens is 2. The van der Waals surface area contributed by atoms with Crippen LogP contribution in [0.25, 0.3) is 10.2 Å². The van der Waals surface area contributed by atoms with Crippen LogP contribution in [-0.4, -0.2) is 21.2 Å². The van der Waals surface area contributed by atoms with E-state index in [9.17, 15) is 9.59 Å². The number of hydrogen-bond donors (Lipinski definition) is 0. The highest BCUT2D eigenvalue weighted by atomic mass is 32.1. The topological polar surface area (TPSA) is 73.5 Å². The molecule has 0 amide bonds. The Hall–Kier alpha value is -2.80. The van der Waals surface area contributed by atoms with Gasteiger partial charge in [0.25, 0.3) is 5.56 Å². The summed E-state index contributed by atoms with van der Waals surface area (Å²) in [4.78, 5) is 37.2. The molecule has 148 valence electrons. The monoisotopic (exact) mass is 407 g/mol. The number of carbonyl (C=O) groups excluding carboxylic acids is 1. The lowest BCUT2D eigenvalue weighted by Gasteiger charge is -2.13. The molecule has 2 aromatic heterocycles. The van der Waals surface area contributed by atoms with Crippen LogP contribution in [0.1, 0.15) is 58.7 Å². The Kier molecular flexibility index (Phi) is 4.75. The molecule has 0 N–H and O–H groups in total. The molecule has 7 heteroatoms. The number of hydrogen-bond acceptors (Lipinski definition) is 6. The Balaban J connectivity index is 1.54. The Bertz CT molecular complexity index is 1180. The van der Waals surface area contributed by atoms with Crippen molar-refractivity contribution in [3.05, 3.63) is 62.5 Å². The molecule has 1 aliphatic heterocycles. The van der Waals surface area contributed by atoms with Crippen LogP contribution in [0.15, 0.2) is 40.3 Å². The van der Waals surface area contributed by atoms with E-state index in [0.29, 0.717) is 5.56 Å². The first-order chi connectivity index (χ1) is 14.2. The van der Waals surface area contributed by atoms with E-state index in [4.69, 9.17) is 9.82 Å². The van der Waals surface area contributed by atoms with Gasteiger partial charge in [0, 0.05) is 13.0 Å². The van der Waals surface area contributed by atoms with Gasteiger partial charge in [0.2, 0.25) is 0 Å². The summed E-state index contributed by atoms with van der Waals surface area (Å²) in [6, 6.07) is 8.83. The minimum Gasteiger partial charge on any atom is -0.312 e. The molecule has 29 heavy (non-hydrogen) atoms. The number of nitrogens with zero attached hydrogens (tertiary/aromatic N) is 3. The summed E-state index contributed by atoms with van der Waals surface area (Å²) in [7, 11) is 0. The van der Waals surface area contributed by atoms with Crippen molar-refractivity contribution in [1.82, 2.24) is 9.55 Å². The summed E-state index contributed by atoms with van der Waals surface area (Å²) < 4.78 is 1.86. The van der Waals surface area contributed by atoms with Crippen molar-refractivity contribution in [1.29, 1.82) is 0 Å². The number of rotatable bonds is 2. The lowest BCUT2D eigenvalue weighted by Crippen LogP contribution is -2.25. The Morgan fingerprint density at radius 2 is 1.93 bits per heavy atom. The Morgan fingerprint density at radius 1 is 1.07 bits per heavy atom.